The van der Waals surface area contributed by atoms with E-state index in [1.807, 2.05) is 0 Å². The minimum atomic E-state index is -1.02. The van der Waals surface area contributed by atoms with Gasteiger partial charge in [0.2, 0.25) is 0 Å². The lowest BCUT2D eigenvalue weighted by atomic mass is 10.1. The van der Waals surface area contributed by atoms with Crippen molar-refractivity contribution >= 4 is 17.9 Å². The van der Waals surface area contributed by atoms with Crippen LogP contribution in [0.25, 0.3) is 0 Å². The summed E-state index contributed by atoms with van der Waals surface area (Å²) < 4.78 is 16.0. The normalized spacial score (nSPS) is 17.2. The largest absolute Gasteiger partial charge is 0.486 e. The second kappa shape index (κ2) is 6.77. The Labute approximate surface area is 138 Å². The van der Waals surface area contributed by atoms with Gasteiger partial charge in [-0.2, -0.15) is 0 Å². The highest BCUT2D eigenvalue weighted by atomic mass is 16.6. The second-order valence-electron chi connectivity index (χ2n) is 5.51. The highest BCUT2D eigenvalue weighted by Gasteiger charge is 2.31. The van der Waals surface area contributed by atoms with Gasteiger partial charge in [0.05, 0.1) is 6.42 Å². The average Bonchev–Trinajstić information content (AvgIpc) is 2.99. The topological polar surface area (TPSA) is 94.2 Å². The fourth-order valence-corrected chi connectivity index (χ4v) is 2.55. The summed E-state index contributed by atoms with van der Waals surface area (Å²) in [4.78, 5) is 36.6. The number of nitrogens with one attached hydrogen (secondary N) is 1. The van der Waals surface area contributed by atoms with Crippen LogP contribution in [0.3, 0.4) is 0 Å². The molecule has 0 unspecified atom stereocenters. The number of urea groups is 1. The molecule has 2 aliphatic heterocycles. The summed E-state index contributed by atoms with van der Waals surface area (Å²) in [6.45, 7) is 3.10. The Morgan fingerprint density at radius 3 is 2.75 bits per heavy atom. The Hall–Kier alpha value is -2.77. The molecule has 3 amide bonds. The summed E-state index contributed by atoms with van der Waals surface area (Å²) in [5.41, 5.74) is 0.697. The average molecular weight is 334 g/mol. The van der Waals surface area contributed by atoms with Gasteiger partial charge < -0.3 is 19.5 Å². The molecule has 0 spiro atoms. The number of fused-ring (bicyclic) bond motifs is 1. The van der Waals surface area contributed by atoms with Crippen molar-refractivity contribution in [3.63, 3.8) is 0 Å². The fraction of sp³-hybridized carbons (Fsp3) is 0.438. The van der Waals surface area contributed by atoms with Crippen molar-refractivity contribution in [2.24, 2.45) is 0 Å². The van der Waals surface area contributed by atoms with Crippen LogP contribution in [0.5, 0.6) is 11.5 Å². The Morgan fingerprint density at radius 1 is 1.29 bits per heavy atom. The van der Waals surface area contributed by atoms with Crippen LogP contribution < -0.4 is 14.8 Å². The van der Waals surface area contributed by atoms with Gasteiger partial charge in [-0.3, -0.25) is 14.5 Å². The van der Waals surface area contributed by atoms with Crippen LogP contribution in [-0.2, 0) is 20.7 Å². The van der Waals surface area contributed by atoms with E-state index in [0.29, 0.717) is 36.8 Å². The lowest BCUT2D eigenvalue weighted by Crippen LogP contribution is -2.42. The van der Waals surface area contributed by atoms with Crippen molar-refractivity contribution in [1.82, 2.24) is 10.2 Å². The summed E-state index contributed by atoms with van der Waals surface area (Å²) in [7, 11) is 0. The summed E-state index contributed by atoms with van der Waals surface area (Å²) in [5, 5.41) is 2.53. The molecule has 1 N–H and O–H groups in total. The van der Waals surface area contributed by atoms with Crippen LogP contribution in [0.4, 0.5) is 4.79 Å². The van der Waals surface area contributed by atoms with Crippen LogP contribution >= 0.6 is 0 Å². The first-order valence-corrected chi connectivity index (χ1v) is 7.72. The molecule has 0 bridgehead atoms. The van der Waals surface area contributed by atoms with Crippen molar-refractivity contribution in [2.45, 2.75) is 19.4 Å². The molecule has 0 aliphatic carbocycles. The number of rotatable bonds is 4. The van der Waals surface area contributed by atoms with Gasteiger partial charge in [-0.05, 0) is 24.6 Å². The predicted octanol–water partition coefficient (Wildman–Crippen LogP) is 0.484. The number of carbonyl (C=O) groups is 3. The number of ether oxygens (including phenoxy) is 3. The van der Waals surface area contributed by atoms with E-state index in [2.05, 4.69) is 5.32 Å². The Morgan fingerprint density at radius 2 is 2.04 bits per heavy atom. The summed E-state index contributed by atoms with van der Waals surface area (Å²) in [6.07, 6.45) is -1.01. The first-order valence-electron chi connectivity index (χ1n) is 7.72. The molecule has 8 heteroatoms. The van der Waals surface area contributed by atoms with Gasteiger partial charge in [-0.25, -0.2) is 4.79 Å². The van der Waals surface area contributed by atoms with Gasteiger partial charge >= 0.3 is 12.0 Å². The third-order valence-corrected chi connectivity index (χ3v) is 3.73. The first kappa shape index (κ1) is 16.1. The zero-order chi connectivity index (χ0) is 17.1. The molecular weight excluding hydrogens is 316 g/mol. The first-order chi connectivity index (χ1) is 11.5. The predicted molar refractivity (Wildman–Crippen MR) is 81.8 cm³/mol. The number of imide groups is 1. The van der Waals surface area contributed by atoms with E-state index in [9.17, 15) is 14.4 Å². The summed E-state index contributed by atoms with van der Waals surface area (Å²) >= 11 is 0. The smallest absolute Gasteiger partial charge is 0.324 e. The SMILES string of the molecule is C[C@@H](OC(=O)Cc1ccc2c(c1)OCCO2)C(=O)N1CCNC1=O. The van der Waals surface area contributed by atoms with Gasteiger partial charge in [0, 0.05) is 13.1 Å². The standard InChI is InChI=1S/C16H18N2O6/c1-10(15(20)18-5-4-17-16(18)21)24-14(19)9-11-2-3-12-13(8-11)23-7-6-22-12/h2-3,8,10H,4-7,9H2,1H3,(H,17,21)/t10-/m1/s1. The summed E-state index contributed by atoms with van der Waals surface area (Å²) in [5.74, 6) is 0.152. The molecule has 0 saturated carbocycles. The number of hydrogen-bond donors (Lipinski definition) is 1. The number of nitrogens with zero attached hydrogens (tertiary/aromatic N) is 1. The monoisotopic (exact) mass is 334 g/mol. The number of amides is 3. The minimum absolute atomic E-state index is 0.000453. The third-order valence-electron chi connectivity index (χ3n) is 3.73. The lowest BCUT2D eigenvalue weighted by molar-refractivity contribution is -0.156. The number of esters is 1. The van der Waals surface area contributed by atoms with Crippen molar-refractivity contribution < 1.29 is 28.6 Å². The van der Waals surface area contributed by atoms with Crippen LogP contribution in [0.1, 0.15) is 12.5 Å². The maximum Gasteiger partial charge on any atom is 0.324 e. The van der Waals surface area contributed by atoms with Crippen molar-refractivity contribution in [1.29, 1.82) is 0 Å². The molecule has 1 aromatic carbocycles. The van der Waals surface area contributed by atoms with Crippen molar-refractivity contribution in [3.05, 3.63) is 23.8 Å². The van der Waals surface area contributed by atoms with Crippen LogP contribution in [0, 0.1) is 0 Å². The zero-order valence-electron chi connectivity index (χ0n) is 13.2. The van der Waals surface area contributed by atoms with E-state index in [1.165, 1.54) is 6.92 Å². The molecule has 0 radical (unpaired) electrons. The van der Waals surface area contributed by atoms with E-state index in [0.717, 1.165) is 4.90 Å². The molecule has 128 valence electrons. The van der Waals surface area contributed by atoms with E-state index in [4.69, 9.17) is 14.2 Å². The van der Waals surface area contributed by atoms with Crippen LogP contribution in [0.2, 0.25) is 0 Å². The van der Waals surface area contributed by atoms with Crippen LogP contribution in [-0.4, -0.2) is 55.2 Å². The fourth-order valence-electron chi connectivity index (χ4n) is 2.55. The Kier molecular flexibility index (Phi) is 4.54. The number of carbonyl (C=O) groups excluding carboxylic acids is 3. The maximum absolute atomic E-state index is 12.1. The van der Waals surface area contributed by atoms with Crippen molar-refractivity contribution in [3.8, 4) is 11.5 Å². The van der Waals surface area contributed by atoms with Gasteiger partial charge in [-0.1, -0.05) is 6.07 Å². The summed E-state index contributed by atoms with van der Waals surface area (Å²) in [6, 6.07) is 4.74. The molecule has 1 aromatic rings. The van der Waals surface area contributed by atoms with E-state index >= 15 is 0 Å². The zero-order valence-corrected chi connectivity index (χ0v) is 13.2. The van der Waals surface area contributed by atoms with E-state index in [1.54, 1.807) is 18.2 Å². The Bertz CT molecular complexity index is 675. The molecule has 3 rings (SSSR count). The molecular formula is C16H18N2O6. The molecule has 1 atom stereocenters. The second-order valence-corrected chi connectivity index (χ2v) is 5.51. The lowest BCUT2D eigenvalue weighted by Gasteiger charge is -2.19. The van der Waals surface area contributed by atoms with Gasteiger partial charge in [0.15, 0.2) is 17.6 Å². The molecule has 0 aromatic heterocycles. The van der Waals surface area contributed by atoms with Crippen LogP contribution in [0.15, 0.2) is 18.2 Å². The molecule has 2 heterocycles. The molecule has 1 fully saturated rings. The van der Waals surface area contributed by atoms with Gasteiger partial charge in [-0.15, -0.1) is 0 Å². The van der Waals surface area contributed by atoms with E-state index in [-0.39, 0.29) is 13.0 Å². The van der Waals surface area contributed by atoms with E-state index < -0.39 is 24.0 Å². The maximum atomic E-state index is 12.1. The van der Waals surface area contributed by atoms with Gasteiger partial charge in [0.1, 0.15) is 13.2 Å². The Balaban J connectivity index is 1.57. The number of hydrogen-bond acceptors (Lipinski definition) is 6. The quantitative estimate of drug-likeness (QED) is 0.805. The van der Waals surface area contributed by atoms with Gasteiger partial charge in [0.25, 0.3) is 5.91 Å². The molecule has 8 nitrogen and oxygen atoms in total. The highest BCUT2D eigenvalue weighted by molar-refractivity contribution is 5.98. The molecule has 2 aliphatic rings. The third kappa shape index (κ3) is 3.42. The molecule has 24 heavy (non-hydrogen) atoms. The number of benzene rings is 1. The minimum Gasteiger partial charge on any atom is -0.486 e. The molecule has 1 saturated heterocycles. The van der Waals surface area contributed by atoms with Crippen molar-refractivity contribution in [2.75, 3.05) is 26.3 Å². The highest BCUT2D eigenvalue weighted by Crippen LogP contribution is 2.30.